The first-order valence-corrected chi connectivity index (χ1v) is 31.5. The van der Waals surface area contributed by atoms with Gasteiger partial charge in [0.15, 0.2) is 50.7 Å². The Morgan fingerprint density at radius 1 is 0.444 bits per heavy atom. The number of unbranched alkanes of at least 4 members (excludes halogenated alkanes) is 3. The fourth-order valence-electron chi connectivity index (χ4n) is 9.62. The lowest BCUT2D eigenvalue weighted by molar-refractivity contribution is -0.184. The maximum absolute atomic E-state index is 13.3. The highest BCUT2D eigenvalue weighted by molar-refractivity contribution is 7.87. The normalized spacial score (nSPS) is 19.7. The molecule has 4 bridgehead atoms. The Morgan fingerprint density at radius 2 is 0.744 bits per heavy atom. The maximum Gasteiger partial charge on any atom is 0.396 e. The second-order valence-corrected chi connectivity index (χ2v) is 25.3. The Morgan fingerprint density at radius 3 is 1.04 bits per heavy atom. The van der Waals surface area contributed by atoms with Gasteiger partial charge in [0.2, 0.25) is 0 Å². The zero-order valence-corrected chi connectivity index (χ0v) is 49.9. The third kappa shape index (κ3) is 27.7. The van der Waals surface area contributed by atoms with Crippen molar-refractivity contribution in [1.82, 2.24) is 0 Å². The molecule has 5 fully saturated rings. The van der Waals surface area contributed by atoms with Crippen LogP contribution in [0.3, 0.4) is 0 Å². The second kappa shape index (κ2) is 39.2. The highest BCUT2D eigenvalue weighted by atomic mass is 32.2. The molecule has 0 aromatic heterocycles. The van der Waals surface area contributed by atoms with Gasteiger partial charge in [-0.1, -0.05) is 61.3 Å². The van der Waals surface area contributed by atoms with Crippen LogP contribution in [-0.2, 0) is 87.4 Å². The average Bonchev–Trinajstić information content (AvgIpc) is 0.830. The molecule has 0 radical (unpaired) electrons. The summed E-state index contributed by atoms with van der Waals surface area (Å²) in [5.74, 6) is -14.6. The van der Waals surface area contributed by atoms with E-state index in [1.165, 1.54) is 32.1 Å². The van der Waals surface area contributed by atoms with Gasteiger partial charge in [-0.15, -0.1) is 0 Å². The van der Waals surface area contributed by atoms with E-state index in [4.69, 9.17) is 37.9 Å². The summed E-state index contributed by atoms with van der Waals surface area (Å²) in [5.41, 5.74) is -0.112. The van der Waals surface area contributed by atoms with E-state index in [2.05, 4.69) is 24.5 Å². The van der Waals surface area contributed by atoms with Crippen LogP contribution in [0.4, 0.5) is 52.7 Å². The van der Waals surface area contributed by atoms with Gasteiger partial charge in [-0.3, -0.25) is 0 Å². The van der Waals surface area contributed by atoms with Crippen LogP contribution in [0.25, 0.3) is 0 Å². The second-order valence-electron chi connectivity index (χ2n) is 21.0. The molecule has 5 rings (SSSR count). The molecule has 0 saturated heterocycles. The predicted octanol–water partition coefficient (Wildman–Crippen LogP) is 11.1. The van der Waals surface area contributed by atoms with Crippen molar-refractivity contribution in [1.29, 1.82) is 0 Å². The molecular formula is C54H85F12O21S3-3. The summed E-state index contributed by atoms with van der Waals surface area (Å²) < 4.78 is 295. The summed E-state index contributed by atoms with van der Waals surface area (Å²) in [5, 5.41) is -17.0. The van der Waals surface area contributed by atoms with Gasteiger partial charge in [0.05, 0.1) is 48.7 Å². The molecule has 5 aliphatic carbocycles. The number of rotatable bonds is 39. The molecule has 0 aliphatic heterocycles. The van der Waals surface area contributed by atoms with Gasteiger partial charge in [-0.05, 0) is 114 Å². The Kier molecular flexibility index (Phi) is 38.5. The van der Waals surface area contributed by atoms with Gasteiger partial charge in [0.1, 0.15) is 0 Å². The maximum atomic E-state index is 13.3. The Bertz CT molecular complexity index is 2540. The fourth-order valence-corrected chi connectivity index (χ4v) is 11.0. The van der Waals surface area contributed by atoms with Crippen LogP contribution in [0.2, 0.25) is 0 Å². The number of hydrogen-bond donors (Lipinski definition) is 0. The number of ether oxygens (including phenoxy) is 9. The molecule has 5 aliphatic rings. The minimum absolute atomic E-state index is 0. The summed E-state index contributed by atoms with van der Waals surface area (Å²) in [4.78, 5) is 35.0. The van der Waals surface area contributed by atoms with Crippen LogP contribution >= 0.6 is 0 Å². The van der Waals surface area contributed by atoms with Crippen LogP contribution in [0, 0.1) is 23.7 Å². The van der Waals surface area contributed by atoms with Crippen molar-refractivity contribution in [3.63, 3.8) is 0 Å². The van der Waals surface area contributed by atoms with Crippen LogP contribution in [0.5, 0.6) is 0 Å². The molecule has 0 unspecified atom stereocenters. The zero-order valence-electron chi connectivity index (χ0n) is 47.4. The average molecular weight is 1390 g/mol. The van der Waals surface area contributed by atoms with Crippen molar-refractivity contribution in [2.24, 2.45) is 23.7 Å². The molecule has 0 amide bonds. The number of carbonyl (C=O) groups is 3. The number of esters is 3. The molecule has 5 saturated carbocycles. The van der Waals surface area contributed by atoms with Crippen molar-refractivity contribution in [2.45, 2.75) is 197 Å². The summed E-state index contributed by atoms with van der Waals surface area (Å²) in [7, 11) is -19.4. The number of halogens is 12. The van der Waals surface area contributed by atoms with Crippen molar-refractivity contribution in [3.05, 3.63) is 36.5 Å². The molecule has 532 valence electrons. The van der Waals surface area contributed by atoms with Gasteiger partial charge in [-0.25, -0.2) is 39.6 Å². The molecule has 21 nitrogen and oxygen atoms in total. The lowest BCUT2D eigenvalue weighted by atomic mass is 9.55. The van der Waals surface area contributed by atoms with E-state index in [9.17, 15) is 106 Å². The minimum Gasteiger partial charge on any atom is -0.743 e. The monoisotopic (exact) mass is 1390 g/mol. The Labute approximate surface area is 518 Å². The van der Waals surface area contributed by atoms with Crippen LogP contribution in [-0.4, -0.2) is 169 Å². The quantitative estimate of drug-likeness (QED) is 0.0105. The van der Waals surface area contributed by atoms with Gasteiger partial charge in [0.25, 0.3) is 0 Å². The molecule has 90 heavy (non-hydrogen) atoms. The SMILES string of the molecule is C.C.C.C=C(COCCCCC(F)(F)C(F)(F)S(=O)(=O)[O-])C(=O)OCOC1C2CC3CC(C2)CC1C3.C=C(COCCCCC(F)(F)C(F)(F)S(=O)(=O)[O-])C(=O)OCOC1CCCCC1.C=C(COCCCCC(F)(F)C(F)(F)S(=O)(=O)[O-])C(=O)OCOCC. The lowest BCUT2D eigenvalue weighted by Gasteiger charge is -2.53. The molecule has 0 spiro atoms. The summed E-state index contributed by atoms with van der Waals surface area (Å²) in [6.07, 6.45) is 4.80. The summed E-state index contributed by atoms with van der Waals surface area (Å²) >= 11 is 0. The molecule has 0 heterocycles. The van der Waals surface area contributed by atoms with E-state index in [0.29, 0.717) is 18.4 Å². The molecule has 0 aromatic carbocycles. The standard InChI is InChI=1S/C21H30F4O7S.C17H26F4O7S.C13H20F4O7S.3CH4/c1-13(11-30-5-3-2-4-20(22,23)21(24,25)33(27,28)29)19(26)32-12-31-18-16-7-14-6-15(9-16)10-17(18)8-14;1-13(15(22)28-12-27-14-7-3-2-4-8-14)11-26-10-6-5-9-16(18,19)17(20,21)29(23,24)25;1-3-22-9-24-11(18)10(2)8-23-7-5-4-6-12(14,15)13(16,17)25(19,20)21;;;/h14-18H,1-12H2,(H,27,28,29);14H,1-12H2,(H,23,24,25);2-9H2,1H3,(H,19,20,21);3*1H4/p-3. The van der Waals surface area contributed by atoms with Gasteiger partial charge >= 0.3 is 51.4 Å². The first-order valence-electron chi connectivity index (χ1n) is 27.3. The third-order valence-electron chi connectivity index (χ3n) is 14.1. The molecule has 36 heteroatoms. The highest BCUT2D eigenvalue weighted by Crippen LogP contribution is 2.55. The Hall–Kier alpha value is -3.72. The van der Waals surface area contributed by atoms with Crippen molar-refractivity contribution >= 4 is 48.3 Å². The van der Waals surface area contributed by atoms with Crippen molar-refractivity contribution < 1.29 is 149 Å². The van der Waals surface area contributed by atoms with E-state index in [0.717, 1.165) is 43.9 Å². The van der Waals surface area contributed by atoms with E-state index in [1.54, 1.807) is 6.92 Å². The third-order valence-corrected chi connectivity index (χ3v) is 16.9. The van der Waals surface area contributed by atoms with Gasteiger partial charge in [-0.2, -0.15) is 52.7 Å². The molecule has 0 N–H and O–H groups in total. The van der Waals surface area contributed by atoms with Gasteiger partial charge in [0, 0.05) is 45.7 Å². The predicted molar refractivity (Wildman–Crippen MR) is 295 cm³/mol. The van der Waals surface area contributed by atoms with Crippen molar-refractivity contribution in [2.75, 3.05) is 66.6 Å². The highest BCUT2D eigenvalue weighted by Gasteiger charge is 2.63. The van der Waals surface area contributed by atoms with E-state index in [-0.39, 0.29) is 130 Å². The van der Waals surface area contributed by atoms with Crippen LogP contribution in [0.15, 0.2) is 36.5 Å². The topological polar surface area (TPSA) is 306 Å². The fraction of sp³-hybridized carbons (Fsp3) is 0.833. The smallest absolute Gasteiger partial charge is 0.396 e. The van der Waals surface area contributed by atoms with E-state index in [1.807, 2.05) is 0 Å². The van der Waals surface area contributed by atoms with Crippen LogP contribution in [0.1, 0.15) is 151 Å². The van der Waals surface area contributed by atoms with Crippen molar-refractivity contribution in [3.8, 4) is 0 Å². The number of hydrogen-bond acceptors (Lipinski definition) is 21. The first kappa shape index (κ1) is 88.3. The van der Waals surface area contributed by atoms with Gasteiger partial charge < -0.3 is 56.3 Å². The summed E-state index contributed by atoms with van der Waals surface area (Å²) in [6, 6.07) is 0. The molecule has 0 atom stereocenters. The largest absolute Gasteiger partial charge is 0.743 e. The molecule has 0 aromatic rings. The molecular weight excluding hydrogens is 1310 g/mol. The zero-order chi connectivity index (χ0) is 66.3. The lowest BCUT2D eigenvalue weighted by Crippen LogP contribution is -2.49. The van der Waals surface area contributed by atoms with Crippen LogP contribution < -0.4 is 0 Å². The van der Waals surface area contributed by atoms with E-state index < -0.39 is 120 Å². The van der Waals surface area contributed by atoms with E-state index >= 15 is 0 Å². The minimum atomic E-state index is -6.49. The first-order chi connectivity index (χ1) is 40.1. The number of carbonyl (C=O) groups excluding carboxylic acids is 3. The summed E-state index contributed by atoms with van der Waals surface area (Å²) in [6.45, 7) is 10.4. The Balaban J connectivity index is 0. The number of alkyl halides is 12.